The summed E-state index contributed by atoms with van der Waals surface area (Å²) in [4.78, 5) is 16.9. The van der Waals surface area contributed by atoms with E-state index in [-0.39, 0.29) is 6.61 Å². The molecule has 1 aliphatic carbocycles. The molecule has 0 amide bonds. The smallest absolute Gasteiger partial charge is 0.298 e. The number of nitrogens with zero attached hydrogens (tertiary/aromatic N) is 3. The Labute approximate surface area is 245 Å². The van der Waals surface area contributed by atoms with Gasteiger partial charge in [-0.3, -0.25) is 4.79 Å². The van der Waals surface area contributed by atoms with Crippen molar-refractivity contribution >= 4 is 47.1 Å². The Morgan fingerprint density at radius 2 is 1.88 bits per heavy atom. The molecule has 0 atom stereocenters. The van der Waals surface area contributed by atoms with E-state index in [2.05, 4.69) is 10.1 Å². The number of aromatic nitrogens is 2. The molecule has 0 unspecified atom stereocenters. The number of anilines is 1. The SMILES string of the molecule is Cc1cc(N2CC(O)(c3ccc(OCc4c(-c5c(Cl)cccc5Cl)noc4C4CC4)cc3Cl)C2)ncc1OC=O. The lowest BCUT2D eigenvalue weighted by atomic mass is 9.86. The van der Waals surface area contributed by atoms with Gasteiger partial charge in [-0.05, 0) is 55.7 Å². The van der Waals surface area contributed by atoms with E-state index < -0.39 is 5.60 Å². The van der Waals surface area contributed by atoms with Crippen LogP contribution in [-0.4, -0.2) is 34.8 Å². The summed E-state index contributed by atoms with van der Waals surface area (Å²) < 4.78 is 16.8. The zero-order valence-electron chi connectivity index (χ0n) is 21.4. The minimum atomic E-state index is -1.15. The van der Waals surface area contributed by atoms with E-state index in [1.54, 1.807) is 36.4 Å². The summed E-state index contributed by atoms with van der Waals surface area (Å²) in [6.07, 6.45) is 3.55. The van der Waals surface area contributed by atoms with Crippen molar-refractivity contribution in [2.75, 3.05) is 18.0 Å². The summed E-state index contributed by atoms with van der Waals surface area (Å²) in [5.74, 6) is 2.69. The van der Waals surface area contributed by atoms with Crippen molar-refractivity contribution < 1.29 is 23.9 Å². The van der Waals surface area contributed by atoms with Gasteiger partial charge in [0.05, 0.1) is 39.9 Å². The van der Waals surface area contributed by atoms with Gasteiger partial charge in [0.1, 0.15) is 35.2 Å². The lowest BCUT2D eigenvalue weighted by Crippen LogP contribution is -2.60. The third-order valence-electron chi connectivity index (χ3n) is 7.24. The number of rotatable bonds is 9. The standard InChI is InChI=1S/C29H24Cl3N3O5/c1-16-9-25(33-11-24(16)39-15-36)35-13-29(37,14-35)20-8-7-18(10-23(20)32)38-12-19-27(34-40-28(19)17-5-6-17)26-21(30)3-2-4-22(26)31/h2-4,7-11,15,17,37H,5-6,12-14H2,1H3. The number of hydrogen-bond donors (Lipinski definition) is 1. The molecule has 11 heteroatoms. The van der Waals surface area contributed by atoms with Gasteiger partial charge in [0.15, 0.2) is 5.75 Å². The zero-order valence-corrected chi connectivity index (χ0v) is 23.6. The molecule has 1 saturated heterocycles. The van der Waals surface area contributed by atoms with Crippen molar-refractivity contribution in [1.29, 1.82) is 0 Å². The molecular formula is C29H24Cl3N3O5. The Balaban J connectivity index is 1.18. The van der Waals surface area contributed by atoms with Crippen molar-refractivity contribution in [2.24, 2.45) is 0 Å². The minimum Gasteiger partial charge on any atom is -0.489 e. The lowest BCUT2D eigenvalue weighted by Gasteiger charge is -2.47. The molecule has 0 radical (unpaired) electrons. The number of β-amino-alcohol motifs (C(OH)–C–C–N with tert-alkyl or cyclic N) is 1. The third-order valence-corrected chi connectivity index (χ3v) is 8.19. The van der Waals surface area contributed by atoms with Crippen molar-refractivity contribution in [3.05, 3.63) is 86.2 Å². The number of aliphatic hydroxyl groups is 1. The monoisotopic (exact) mass is 599 g/mol. The first-order valence-corrected chi connectivity index (χ1v) is 13.8. The Morgan fingerprint density at radius 1 is 1.12 bits per heavy atom. The van der Waals surface area contributed by atoms with Crippen molar-refractivity contribution in [3.8, 4) is 22.8 Å². The highest BCUT2D eigenvalue weighted by Crippen LogP contribution is 2.46. The van der Waals surface area contributed by atoms with Gasteiger partial charge in [-0.1, -0.05) is 52.1 Å². The van der Waals surface area contributed by atoms with Gasteiger partial charge in [-0.15, -0.1) is 0 Å². The van der Waals surface area contributed by atoms with Crippen LogP contribution in [0.5, 0.6) is 11.5 Å². The quantitative estimate of drug-likeness (QED) is 0.212. The van der Waals surface area contributed by atoms with E-state index in [0.29, 0.717) is 74.7 Å². The largest absolute Gasteiger partial charge is 0.489 e. The lowest BCUT2D eigenvalue weighted by molar-refractivity contribution is -0.120. The summed E-state index contributed by atoms with van der Waals surface area (Å²) in [6.45, 7) is 2.99. The number of pyridine rings is 1. The van der Waals surface area contributed by atoms with E-state index in [1.165, 1.54) is 6.20 Å². The molecule has 1 saturated carbocycles. The van der Waals surface area contributed by atoms with Gasteiger partial charge < -0.3 is 24.0 Å². The predicted molar refractivity (Wildman–Crippen MR) is 151 cm³/mol. The molecular weight excluding hydrogens is 577 g/mol. The van der Waals surface area contributed by atoms with Crippen LogP contribution in [0.15, 0.2) is 53.2 Å². The second kappa shape index (κ2) is 10.6. The van der Waals surface area contributed by atoms with Gasteiger partial charge in [0.2, 0.25) is 0 Å². The summed E-state index contributed by atoms with van der Waals surface area (Å²) in [5.41, 5.74) is 2.20. The summed E-state index contributed by atoms with van der Waals surface area (Å²) in [6, 6.07) is 12.4. The number of hydrogen-bond acceptors (Lipinski definition) is 8. The fourth-order valence-corrected chi connectivity index (χ4v) is 5.88. The number of halogens is 3. The number of ether oxygens (including phenoxy) is 2. The molecule has 2 fully saturated rings. The highest BCUT2D eigenvalue weighted by molar-refractivity contribution is 6.39. The molecule has 6 rings (SSSR count). The van der Waals surface area contributed by atoms with E-state index in [9.17, 15) is 9.90 Å². The van der Waals surface area contributed by atoms with Crippen LogP contribution >= 0.6 is 34.8 Å². The third kappa shape index (κ3) is 5.01. The van der Waals surface area contributed by atoms with Gasteiger partial charge in [0, 0.05) is 17.0 Å². The van der Waals surface area contributed by atoms with Crippen LogP contribution in [0.25, 0.3) is 11.3 Å². The number of aryl methyl sites for hydroxylation is 1. The fourth-order valence-electron chi connectivity index (χ4n) is 4.96. The van der Waals surface area contributed by atoms with Crippen LogP contribution in [0.1, 0.15) is 41.2 Å². The molecule has 2 aromatic heterocycles. The van der Waals surface area contributed by atoms with Crippen LogP contribution in [0, 0.1) is 6.92 Å². The number of carbonyl (C=O) groups is 1. The summed E-state index contributed by atoms with van der Waals surface area (Å²) >= 11 is 19.6. The van der Waals surface area contributed by atoms with Crippen molar-refractivity contribution in [3.63, 3.8) is 0 Å². The first-order valence-electron chi connectivity index (χ1n) is 12.7. The summed E-state index contributed by atoms with van der Waals surface area (Å²) in [7, 11) is 0. The average Bonchev–Trinajstić information content (AvgIpc) is 3.67. The molecule has 8 nitrogen and oxygen atoms in total. The molecule has 0 spiro atoms. The minimum absolute atomic E-state index is 0.189. The molecule has 4 aromatic rings. The molecule has 206 valence electrons. The maximum absolute atomic E-state index is 11.3. The Morgan fingerprint density at radius 3 is 2.52 bits per heavy atom. The zero-order chi connectivity index (χ0) is 28.0. The van der Waals surface area contributed by atoms with E-state index in [4.69, 9.17) is 48.8 Å². The Hall–Kier alpha value is -3.30. The predicted octanol–water partition coefficient (Wildman–Crippen LogP) is 6.70. The number of carbonyl (C=O) groups excluding carboxylic acids is 1. The highest BCUT2D eigenvalue weighted by atomic mass is 35.5. The second-order valence-electron chi connectivity index (χ2n) is 10.1. The fraction of sp³-hybridized carbons (Fsp3) is 0.276. The topological polar surface area (TPSA) is 97.9 Å². The molecule has 2 aliphatic rings. The Kier molecular flexibility index (Phi) is 7.12. The van der Waals surface area contributed by atoms with Crippen LogP contribution in [0.2, 0.25) is 15.1 Å². The molecule has 1 N–H and O–H groups in total. The maximum atomic E-state index is 11.3. The molecule has 2 aromatic carbocycles. The van der Waals surface area contributed by atoms with Crippen LogP contribution in [0.4, 0.5) is 5.82 Å². The van der Waals surface area contributed by atoms with Crippen molar-refractivity contribution in [2.45, 2.75) is 37.9 Å². The first kappa shape index (κ1) is 26.9. The Bertz CT molecular complexity index is 1580. The van der Waals surface area contributed by atoms with E-state index in [0.717, 1.165) is 29.7 Å². The first-order chi connectivity index (χ1) is 19.3. The average molecular weight is 601 g/mol. The van der Waals surface area contributed by atoms with Crippen molar-refractivity contribution in [1.82, 2.24) is 10.1 Å². The van der Waals surface area contributed by atoms with Crippen LogP contribution in [-0.2, 0) is 17.0 Å². The van der Waals surface area contributed by atoms with Crippen LogP contribution in [0.3, 0.4) is 0 Å². The van der Waals surface area contributed by atoms with Gasteiger partial charge in [-0.25, -0.2) is 4.98 Å². The van der Waals surface area contributed by atoms with E-state index >= 15 is 0 Å². The molecule has 40 heavy (non-hydrogen) atoms. The molecule has 3 heterocycles. The van der Waals surface area contributed by atoms with Gasteiger partial charge in [-0.2, -0.15) is 0 Å². The second-order valence-corrected chi connectivity index (χ2v) is 11.3. The maximum Gasteiger partial charge on any atom is 0.298 e. The number of benzene rings is 2. The molecule has 1 aliphatic heterocycles. The van der Waals surface area contributed by atoms with Gasteiger partial charge in [0.25, 0.3) is 6.47 Å². The normalized spacial score (nSPS) is 16.0. The van der Waals surface area contributed by atoms with Crippen LogP contribution < -0.4 is 14.4 Å². The van der Waals surface area contributed by atoms with Gasteiger partial charge >= 0.3 is 0 Å². The van der Waals surface area contributed by atoms with E-state index in [1.807, 2.05) is 17.9 Å². The highest BCUT2D eigenvalue weighted by Gasteiger charge is 2.44. The molecule has 0 bridgehead atoms. The summed E-state index contributed by atoms with van der Waals surface area (Å²) in [5, 5.41) is 16.9.